The average Bonchev–Trinajstić information content (AvgIpc) is 3.25. The molecule has 0 radical (unpaired) electrons. The van der Waals surface area contributed by atoms with E-state index in [-0.39, 0.29) is 23.0 Å². The molecule has 2 fully saturated rings. The predicted octanol–water partition coefficient (Wildman–Crippen LogP) is 1.46. The van der Waals surface area contributed by atoms with Crippen LogP contribution in [-0.2, 0) is 15.3 Å². The molecule has 2 aliphatic rings. The summed E-state index contributed by atoms with van der Waals surface area (Å²) in [7, 11) is -2.88. The van der Waals surface area contributed by atoms with Crippen LogP contribution in [0.5, 0.6) is 0 Å². The van der Waals surface area contributed by atoms with E-state index < -0.39 is 9.84 Å². The summed E-state index contributed by atoms with van der Waals surface area (Å²) in [6.07, 6.45) is 2.99. The summed E-state index contributed by atoms with van der Waals surface area (Å²) in [6, 6.07) is 10.5. The van der Waals surface area contributed by atoms with Crippen LogP contribution in [0.25, 0.3) is 0 Å². The van der Waals surface area contributed by atoms with E-state index >= 15 is 0 Å². The average molecular weight is 335 g/mol. The van der Waals surface area contributed by atoms with Gasteiger partial charge in [-0.15, -0.1) is 0 Å². The number of hydrogen-bond donors (Lipinski definition) is 2. The Labute approximate surface area is 138 Å². The molecule has 0 amide bonds. The number of hydrogen-bond acceptors (Lipinski definition) is 3. The minimum absolute atomic E-state index is 0.0234. The zero-order valence-corrected chi connectivity index (χ0v) is 14.4. The zero-order chi connectivity index (χ0) is 16.3. The Morgan fingerprint density at radius 2 is 2.04 bits per heavy atom. The number of nitrogens with one attached hydrogen (secondary N) is 2. The molecule has 3 rings (SSSR count). The maximum atomic E-state index is 11.6. The van der Waals surface area contributed by atoms with Crippen LogP contribution in [0.3, 0.4) is 0 Å². The number of sulfone groups is 1. The quantitative estimate of drug-likeness (QED) is 0.631. The predicted molar refractivity (Wildman–Crippen MR) is 93.5 cm³/mol. The molecule has 1 unspecified atom stereocenters. The second kappa shape index (κ2) is 6.51. The molecule has 1 atom stereocenters. The smallest absolute Gasteiger partial charge is 0.191 e. The van der Waals surface area contributed by atoms with Gasteiger partial charge in [0.25, 0.3) is 0 Å². The van der Waals surface area contributed by atoms with Crippen molar-refractivity contribution in [3.63, 3.8) is 0 Å². The fraction of sp³-hybridized carbons (Fsp3) is 0.588. The third-order valence-electron chi connectivity index (χ3n) is 4.70. The van der Waals surface area contributed by atoms with Crippen LogP contribution in [-0.4, -0.2) is 45.0 Å². The second-order valence-corrected chi connectivity index (χ2v) is 8.81. The van der Waals surface area contributed by atoms with E-state index in [0.29, 0.717) is 6.42 Å². The van der Waals surface area contributed by atoms with E-state index in [9.17, 15) is 8.42 Å². The lowest BCUT2D eigenvalue weighted by atomic mass is 9.96. The van der Waals surface area contributed by atoms with Crippen LogP contribution in [0, 0.1) is 0 Å². The van der Waals surface area contributed by atoms with Crippen LogP contribution in [0.2, 0.25) is 0 Å². The lowest BCUT2D eigenvalue weighted by Crippen LogP contribution is -2.44. The van der Waals surface area contributed by atoms with Crippen molar-refractivity contribution in [2.24, 2.45) is 4.99 Å². The van der Waals surface area contributed by atoms with Gasteiger partial charge in [0, 0.05) is 18.0 Å². The Balaban J connectivity index is 1.65. The van der Waals surface area contributed by atoms with Crippen molar-refractivity contribution in [2.75, 3.05) is 24.6 Å². The summed E-state index contributed by atoms with van der Waals surface area (Å²) in [4.78, 5) is 4.73. The molecule has 0 aromatic heterocycles. The van der Waals surface area contributed by atoms with Crippen LogP contribution >= 0.6 is 0 Å². The Hall–Kier alpha value is -1.56. The van der Waals surface area contributed by atoms with E-state index in [1.165, 1.54) is 5.56 Å². The third-order valence-corrected chi connectivity index (χ3v) is 6.46. The summed E-state index contributed by atoms with van der Waals surface area (Å²) in [6.45, 7) is 3.53. The van der Waals surface area contributed by atoms with Crippen molar-refractivity contribution in [3.8, 4) is 0 Å². The molecular formula is C17H25N3O2S. The minimum atomic E-state index is -2.88. The Morgan fingerprint density at radius 1 is 1.30 bits per heavy atom. The van der Waals surface area contributed by atoms with Crippen molar-refractivity contribution in [2.45, 2.75) is 37.6 Å². The van der Waals surface area contributed by atoms with Crippen LogP contribution in [0.15, 0.2) is 35.3 Å². The van der Waals surface area contributed by atoms with Crippen molar-refractivity contribution >= 4 is 15.8 Å². The van der Waals surface area contributed by atoms with Gasteiger partial charge in [-0.1, -0.05) is 30.3 Å². The van der Waals surface area contributed by atoms with Gasteiger partial charge in [-0.3, -0.25) is 4.99 Å². The molecule has 1 aromatic carbocycles. The van der Waals surface area contributed by atoms with Gasteiger partial charge in [0.2, 0.25) is 0 Å². The van der Waals surface area contributed by atoms with Crippen molar-refractivity contribution in [3.05, 3.63) is 35.9 Å². The van der Waals surface area contributed by atoms with Gasteiger partial charge in [-0.2, -0.15) is 0 Å². The molecule has 2 N–H and O–H groups in total. The molecule has 23 heavy (non-hydrogen) atoms. The molecular weight excluding hydrogens is 310 g/mol. The third kappa shape index (κ3) is 4.05. The van der Waals surface area contributed by atoms with Crippen molar-refractivity contribution in [1.29, 1.82) is 0 Å². The first kappa shape index (κ1) is 16.3. The van der Waals surface area contributed by atoms with Crippen LogP contribution < -0.4 is 10.6 Å². The van der Waals surface area contributed by atoms with E-state index in [2.05, 4.69) is 34.9 Å². The lowest BCUT2D eigenvalue weighted by molar-refractivity contribution is 0.599. The highest BCUT2D eigenvalue weighted by Gasteiger charge is 2.44. The molecule has 1 aromatic rings. The topological polar surface area (TPSA) is 70.6 Å². The summed E-state index contributed by atoms with van der Waals surface area (Å²) < 4.78 is 23.2. The summed E-state index contributed by atoms with van der Waals surface area (Å²) in [5.41, 5.74) is 1.52. The van der Waals surface area contributed by atoms with Gasteiger partial charge >= 0.3 is 0 Å². The van der Waals surface area contributed by atoms with E-state index in [1.807, 2.05) is 13.0 Å². The normalized spacial score (nSPS) is 25.1. The molecule has 1 aliphatic heterocycles. The maximum Gasteiger partial charge on any atom is 0.191 e. The lowest BCUT2D eigenvalue weighted by Gasteiger charge is -2.18. The molecule has 1 saturated heterocycles. The van der Waals surface area contributed by atoms with Crippen molar-refractivity contribution < 1.29 is 8.42 Å². The van der Waals surface area contributed by atoms with Gasteiger partial charge in [0.05, 0.1) is 18.1 Å². The molecule has 6 heteroatoms. The molecule has 1 saturated carbocycles. The fourth-order valence-corrected chi connectivity index (χ4v) is 4.81. The highest BCUT2D eigenvalue weighted by molar-refractivity contribution is 7.91. The van der Waals surface area contributed by atoms with Crippen LogP contribution in [0.1, 0.15) is 31.7 Å². The number of benzene rings is 1. The number of guanidine groups is 1. The summed E-state index contributed by atoms with van der Waals surface area (Å²) in [5.74, 6) is 1.22. The molecule has 1 aliphatic carbocycles. The summed E-state index contributed by atoms with van der Waals surface area (Å²) >= 11 is 0. The van der Waals surface area contributed by atoms with Crippen LogP contribution in [0.4, 0.5) is 0 Å². The van der Waals surface area contributed by atoms with E-state index in [1.54, 1.807) is 0 Å². The molecule has 0 spiro atoms. The molecule has 5 nitrogen and oxygen atoms in total. The Morgan fingerprint density at radius 3 is 2.61 bits per heavy atom. The Kier molecular flexibility index (Phi) is 4.62. The number of nitrogens with zero attached hydrogens (tertiary/aromatic N) is 1. The number of rotatable bonds is 5. The molecule has 1 heterocycles. The SMILES string of the molecule is CCNC(=NCC1(c2ccccc2)CC1)NC1CCS(=O)(=O)C1. The molecule has 126 valence electrons. The van der Waals surface area contributed by atoms with Gasteiger partial charge in [-0.25, -0.2) is 8.42 Å². The first-order chi connectivity index (χ1) is 11.0. The van der Waals surface area contributed by atoms with Crippen molar-refractivity contribution in [1.82, 2.24) is 10.6 Å². The standard InChI is InChI=1S/C17H25N3O2S/c1-2-18-16(20-15-8-11-23(21,22)12-15)19-13-17(9-10-17)14-6-4-3-5-7-14/h3-7,15H,2,8-13H2,1H3,(H2,18,19,20). The zero-order valence-electron chi connectivity index (χ0n) is 13.6. The van der Waals surface area contributed by atoms with Gasteiger partial charge in [0.1, 0.15) is 0 Å². The monoisotopic (exact) mass is 335 g/mol. The van der Waals surface area contributed by atoms with Gasteiger partial charge in [0.15, 0.2) is 15.8 Å². The Bertz CT molecular complexity index is 666. The van der Waals surface area contributed by atoms with Gasteiger partial charge in [-0.05, 0) is 31.7 Å². The fourth-order valence-electron chi connectivity index (χ4n) is 3.13. The second-order valence-electron chi connectivity index (χ2n) is 6.59. The largest absolute Gasteiger partial charge is 0.357 e. The highest BCUT2D eigenvalue weighted by atomic mass is 32.2. The first-order valence-corrected chi connectivity index (χ1v) is 10.2. The first-order valence-electron chi connectivity index (χ1n) is 8.34. The summed E-state index contributed by atoms with van der Waals surface area (Å²) in [5, 5.41) is 6.52. The maximum absolute atomic E-state index is 11.6. The minimum Gasteiger partial charge on any atom is -0.357 e. The van der Waals surface area contributed by atoms with E-state index in [4.69, 9.17) is 4.99 Å². The molecule has 0 bridgehead atoms. The van der Waals surface area contributed by atoms with Gasteiger partial charge < -0.3 is 10.6 Å². The number of aliphatic imine (C=N–C) groups is 1. The van der Waals surface area contributed by atoms with E-state index in [0.717, 1.165) is 31.9 Å². The highest BCUT2D eigenvalue weighted by Crippen LogP contribution is 2.48.